The average Bonchev–Trinajstić information content (AvgIpc) is 2.61. The molecule has 1 aromatic carbocycles. The van der Waals surface area contributed by atoms with Crippen molar-refractivity contribution in [2.45, 2.75) is 18.9 Å². The first-order valence-electron chi connectivity index (χ1n) is 8.71. The zero-order chi connectivity index (χ0) is 16.1. The van der Waals surface area contributed by atoms with Crippen LogP contribution < -0.4 is 5.32 Å². The minimum absolute atomic E-state index is 0.214. The minimum Gasteiger partial charge on any atom is -0.376 e. The van der Waals surface area contributed by atoms with E-state index in [0.717, 1.165) is 31.6 Å². The van der Waals surface area contributed by atoms with Crippen LogP contribution >= 0.6 is 0 Å². The lowest BCUT2D eigenvalue weighted by molar-refractivity contribution is -0.130. The standard InChI is InChI=1S/C18H28N4O/c1-20-11-13-21(14-12-20)17-7-9-22(10-8-17)18(23)15-19-16-5-3-2-4-6-16/h2-6,17,19H,7-15H2,1H3. The summed E-state index contributed by atoms with van der Waals surface area (Å²) in [6.45, 7) is 6.86. The van der Waals surface area contributed by atoms with Crippen molar-refractivity contribution in [2.24, 2.45) is 0 Å². The van der Waals surface area contributed by atoms with Crippen LogP contribution in [0.15, 0.2) is 30.3 Å². The fourth-order valence-corrected chi connectivity index (χ4v) is 3.51. The smallest absolute Gasteiger partial charge is 0.241 e. The molecule has 0 saturated carbocycles. The number of carbonyl (C=O) groups is 1. The molecule has 126 valence electrons. The van der Waals surface area contributed by atoms with Gasteiger partial charge in [0, 0.05) is 51.0 Å². The number of piperazine rings is 1. The second-order valence-corrected chi connectivity index (χ2v) is 6.67. The quantitative estimate of drug-likeness (QED) is 0.910. The summed E-state index contributed by atoms with van der Waals surface area (Å²) in [6, 6.07) is 10.6. The summed E-state index contributed by atoms with van der Waals surface area (Å²) >= 11 is 0. The number of amides is 1. The van der Waals surface area contributed by atoms with Gasteiger partial charge in [-0.3, -0.25) is 9.69 Å². The molecular formula is C18H28N4O. The predicted molar refractivity (Wildman–Crippen MR) is 93.6 cm³/mol. The number of nitrogens with zero attached hydrogens (tertiary/aromatic N) is 3. The molecule has 5 heteroatoms. The van der Waals surface area contributed by atoms with Crippen LogP contribution in [0.2, 0.25) is 0 Å². The van der Waals surface area contributed by atoms with Crippen LogP contribution in [0.1, 0.15) is 12.8 Å². The molecule has 0 unspecified atom stereocenters. The summed E-state index contributed by atoms with van der Waals surface area (Å²) < 4.78 is 0. The molecule has 5 nitrogen and oxygen atoms in total. The molecule has 0 atom stereocenters. The highest BCUT2D eigenvalue weighted by Crippen LogP contribution is 2.18. The van der Waals surface area contributed by atoms with Gasteiger partial charge in [-0.25, -0.2) is 0 Å². The summed E-state index contributed by atoms with van der Waals surface area (Å²) in [7, 11) is 2.19. The zero-order valence-corrected chi connectivity index (χ0v) is 14.1. The number of hydrogen-bond acceptors (Lipinski definition) is 4. The van der Waals surface area contributed by atoms with Gasteiger partial charge in [-0.15, -0.1) is 0 Å². The summed E-state index contributed by atoms with van der Waals surface area (Å²) in [5.74, 6) is 0.214. The van der Waals surface area contributed by atoms with E-state index in [9.17, 15) is 4.79 Å². The fraction of sp³-hybridized carbons (Fsp3) is 0.611. The van der Waals surface area contributed by atoms with E-state index in [1.54, 1.807) is 0 Å². The molecule has 23 heavy (non-hydrogen) atoms. The number of carbonyl (C=O) groups excluding carboxylic acids is 1. The van der Waals surface area contributed by atoms with Crippen LogP contribution in [0.3, 0.4) is 0 Å². The van der Waals surface area contributed by atoms with E-state index in [-0.39, 0.29) is 5.91 Å². The van der Waals surface area contributed by atoms with Gasteiger partial charge in [-0.1, -0.05) is 18.2 Å². The summed E-state index contributed by atoms with van der Waals surface area (Å²) in [6.07, 6.45) is 2.22. The van der Waals surface area contributed by atoms with E-state index in [1.165, 1.54) is 26.2 Å². The van der Waals surface area contributed by atoms with Crippen LogP contribution in [0.25, 0.3) is 0 Å². The lowest BCUT2D eigenvalue weighted by Crippen LogP contribution is -2.53. The van der Waals surface area contributed by atoms with Gasteiger partial charge in [-0.05, 0) is 32.0 Å². The van der Waals surface area contributed by atoms with Crippen LogP contribution in [-0.4, -0.2) is 79.5 Å². The average molecular weight is 316 g/mol. The first-order chi connectivity index (χ1) is 11.2. The van der Waals surface area contributed by atoms with Gasteiger partial charge < -0.3 is 15.1 Å². The van der Waals surface area contributed by atoms with E-state index in [0.29, 0.717) is 12.6 Å². The van der Waals surface area contributed by atoms with E-state index in [1.807, 2.05) is 35.2 Å². The van der Waals surface area contributed by atoms with E-state index in [2.05, 4.69) is 22.2 Å². The van der Waals surface area contributed by atoms with Crippen molar-refractivity contribution >= 4 is 11.6 Å². The van der Waals surface area contributed by atoms with Gasteiger partial charge in [0.15, 0.2) is 0 Å². The lowest BCUT2D eigenvalue weighted by Gasteiger charge is -2.42. The molecule has 0 radical (unpaired) electrons. The van der Waals surface area contributed by atoms with Gasteiger partial charge in [-0.2, -0.15) is 0 Å². The Morgan fingerprint density at radius 1 is 1.04 bits per heavy atom. The van der Waals surface area contributed by atoms with Crippen molar-refractivity contribution in [1.82, 2.24) is 14.7 Å². The molecule has 2 aliphatic rings. The van der Waals surface area contributed by atoms with Crippen LogP contribution in [0.4, 0.5) is 5.69 Å². The number of likely N-dealkylation sites (tertiary alicyclic amines) is 1. The normalized spacial score (nSPS) is 21.3. The Bertz CT molecular complexity index is 491. The number of para-hydroxylation sites is 1. The minimum atomic E-state index is 0.214. The highest BCUT2D eigenvalue weighted by molar-refractivity contribution is 5.80. The van der Waals surface area contributed by atoms with Gasteiger partial charge in [0.2, 0.25) is 5.91 Å². The Labute approximate surface area is 139 Å². The van der Waals surface area contributed by atoms with Crippen molar-refractivity contribution in [3.63, 3.8) is 0 Å². The molecule has 2 aliphatic heterocycles. The SMILES string of the molecule is CN1CCN(C2CCN(C(=O)CNc3ccccc3)CC2)CC1. The van der Waals surface area contributed by atoms with Gasteiger partial charge in [0.05, 0.1) is 6.54 Å². The highest BCUT2D eigenvalue weighted by atomic mass is 16.2. The first kappa shape index (κ1) is 16.3. The number of piperidine rings is 1. The maximum absolute atomic E-state index is 12.3. The largest absolute Gasteiger partial charge is 0.376 e. The molecule has 3 rings (SSSR count). The Balaban J connectivity index is 1.40. The van der Waals surface area contributed by atoms with Crippen molar-refractivity contribution < 1.29 is 4.79 Å². The van der Waals surface area contributed by atoms with Crippen LogP contribution in [0, 0.1) is 0 Å². The van der Waals surface area contributed by atoms with Crippen LogP contribution in [0.5, 0.6) is 0 Å². The number of benzene rings is 1. The van der Waals surface area contributed by atoms with Crippen molar-refractivity contribution in [3.05, 3.63) is 30.3 Å². The molecule has 0 aliphatic carbocycles. The van der Waals surface area contributed by atoms with Gasteiger partial charge in [0.25, 0.3) is 0 Å². The third-order valence-corrected chi connectivity index (χ3v) is 5.09. The molecule has 2 saturated heterocycles. The topological polar surface area (TPSA) is 38.8 Å². The first-order valence-corrected chi connectivity index (χ1v) is 8.71. The second kappa shape index (κ2) is 7.79. The molecular weight excluding hydrogens is 288 g/mol. The number of rotatable bonds is 4. The number of likely N-dealkylation sites (N-methyl/N-ethyl adjacent to an activating group) is 1. The molecule has 0 aromatic heterocycles. The number of hydrogen-bond donors (Lipinski definition) is 1. The fourth-order valence-electron chi connectivity index (χ4n) is 3.51. The maximum atomic E-state index is 12.3. The van der Waals surface area contributed by atoms with Gasteiger partial charge >= 0.3 is 0 Å². The van der Waals surface area contributed by atoms with Crippen molar-refractivity contribution in [3.8, 4) is 0 Å². The summed E-state index contributed by atoms with van der Waals surface area (Å²) in [4.78, 5) is 19.4. The molecule has 1 amide bonds. The Hall–Kier alpha value is -1.59. The third-order valence-electron chi connectivity index (χ3n) is 5.09. The maximum Gasteiger partial charge on any atom is 0.241 e. The molecule has 0 spiro atoms. The molecule has 2 heterocycles. The lowest BCUT2D eigenvalue weighted by atomic mass is 10.0. The van der Waals surface area contributed by atoms with E-state index >= 15 is 0 Å². The molecule has 1 aromatic rings. The van der Waals surface area contributed by atoms with Gasteiger partial charge in [0.1, 0.15) is 0 Å². The van der Waals surface area contributed by atoms with E-state index < -0.39 is 0 Å². The summed E-state index contributed by atoms with van der Waals surface area (Å²) in [5.41, 5.74) is 1.01. The monoisotopic (exact) mass is 316 g/mol. The Morgan fingerprint density at radius 3 is 2.35 bits per heavy atom. The molecule has 2 fully saturated rings. The molecule has 1 N–H and O–H groups in total. The Morgan fingerprint density at radius 2 is 1.70 bits per heavy atom. The van der Waals surface area contributed by atoms with Crippen molar-refractivity contribution in [1.29, 1.82) is 0 Å². The number of nitrogens with one attached hydrogen (secondary N) is 1. The van der Waals surface area contributed by atoms with E-state index in [4.69, 9.17) is 0 Å². The number of anilines is 1. The third kappa shape index (κ3) is 4.45. The zero-order valence-electron chi connectivity index (χ0n) is 14.1. The highest BCUT2D eigenvalue weighted by Gasteiger charge is 2.28. The predicted octanol–water partition coefficient (Wildman–Crippen LogP) is 1.34. The summed E-state index contributed by atoms with van der Waals surface area (Å²) in [5, 5.41) is 3.21. The van der Waals surface area contributed by atoms with Crippen molar-refractivity contribution in [2.75, 3.05) is 58.2 Å². The van der Waals surface area contributed by atoms with Crippen LogP contribution in [-0.2, 0) is 4.79 Å². The molecule has 0 bridgehead atoms. The second-order valence-electron chi connectivity index (χ2n) is 6.67. The Kier molecular flexibility index (Phi) is 5.51.